The van der Waals surface area contributed by atoms with Crippen LogP contribution in [0.25, 0.3) is 0 Å². The molecule has 3 rings (SSSR count). The molecule has 1 aromatic heterocycles. The number of nitrogens with one attached hydrogen (secondary N) is 1. The van der Waals surface area contributed by atoms with Gasteiger partial charge in [-0.15, -0.1) is 0 Å². The van der Waals surface area contributed by atoms with E-state index < -0.39 is 0 Å². The maximum Gasteiger partial charge on any atom is 0.239 e. The summed E-state index contributed by atoms with van der Waals surface area (Å²) >= 11 is 1.55. The Labute approximate surface area is 110 Å². The molecule has 18 heavy (non-hydrogen) atoms. The van der Waals surface area contributed by atoms with Crippen LogP contribution in [0, 0.1) is 0 Å². The van der Waals surface area contributed by atoms with Crippen LogP contribution < -0.4 is 10.2 Å². The molecule has 0 bridgehead atoms. The lowest BCUT2D eigenvalue weighted by atomic mass is 10.0. The van der Waals surface area contributed by atoms with Crippen LogP contribution in [-0.4, -0.2) is 35.6 Å². The Morgan fingerprint density at radius 2 is 2.33 bits per heavy atom. The van der Waals surface area contributed by atoms with Gasteiger partial charge in [0.25, 0.3) is 0 Å². The van der Waals surface area contributed by atoms with Gasteiger partial charge in [-0.05, 0) is 25.7 Å². The predicted octanol–water partition coefficient (Wildman–Crippen LogP) is 0.839. The molecule has 1 fully saturated rings. The van der Waals surface area contributed by atoms with Gasteiger partial charge in [-0.1, -0.05) is 11.3 Å². The zero-order chi connectivity index (χ0) is 12.5. The summed E-state index contributed by atoms with van der Waals surface area (Å²) in [7, 11) is 0. The molecule has 1 atom stereocenters. The van der Waals surface area contributed by atoms with Gasteiger partial charge < -0.3 is 15.3 Å². The molecule has 0 aromatic carbocycles. The van der Waals surface area contributed by atoms with Crippen LogP contribution in [0.4, 0.5) is 5.13 Å². The van der Waals surface area contributed by atoms with Gasteiger partial charge in [0.05, 0.1) is 23.2 Å². The Kier molecular flexibility index (Phi) is 3.22. The van der Waals surface area contributed by atoms with E-state index >= 15 is 0 Å². The van der Waals surface area contributed by atoms with E-state index in [1.165, 1.54) is 0 Å². The second kappa shape index (κ2) is 4.85. The molecule has 1 aliphatic carbocycles. The van der Waals surface area contributed by atoms with Crippen molar-refractivity contribution in [3.63, 3.8) is 0 Å². The van der Waals surface area contributed by atoms with Crippen molar-refractivity contribution >= 4 is 22.4 Å². The minimum atomic E-state index is -0.360. The zero-order valence-electron chi connectivity index (χ0n) is 10.2. The largest absolute Gasteiger partial charge is 0.388 e. The number of thiazole rings is 1. The van der Waals surface area contributed by atoms with Crippen LogP contribution in [0.3, 0.4) is 0 Å². The summed E-state index contributed by atoms with van der Waals surface area (Å²) in [4.78, 5) is 19.2. The molecule has 0 saturated carbocycles. The monoisotopic (exact) mass is 267 g/mol. The first-order valence-electron chi connectivity index (χ1n) is 6.43. The van der Waals surface area contributed by atoms with E-state index in [9.17, 15) is 9.90 Å². The fourth-order valence-electron chi connectivity index (χ4n) is 2.49. The van der Waals surface area contributed by atoms with Gasteiger partial charge in [-0.3, -0.25) is 4.79 Å². The lowest BCUT2D eigenvalue weighted by Gasteiger charge is -2.17. The molecule has 1 unspecified atom stereocenters. The first kappa shape index (κ1) is 11.9. The molecular weight excluding hydrogens is 250 g/mol. The van der Waals surface area contributed by atoms with Crippen molar-refractivity contribution in [2.75, 3.05) is 24.5 Å². The van der Waals surface area contributed by atoms with E-state index in [1.807, 2.05) is 4.90 Å². The normalized spacial score (nSPS) is 24.4. The van der Waals surface area contributed by atoms with E-state index in [2.05, 4.69) is 10.3 Å². The predicted molar refractivity (Wildman–Crippen MR) is 69.9 cm³/mol. The number of aryl methyl sites for hydroxylation is 1. The lowest BCUT2D eigenvalue weighted by molar-refractivity contribution is -0.119. The molecule has 1 saturated heterocycles. The van der Waals surface area contributed by atoms with Gasteiger partial charge in [-0.25, -0.2) is 4.98 Å². The molecule has 1 aliphatic heterocycles. The smallest absolute Gasteiger partial charge is 0.239 e. The van der Waals surface area contributed by atoms with E-state index in [4.69, 9.17) is 0 Å². The van der Waals surface area contributed by atoms with Gasteiger partial charge in [-0.2, -0.15) is 0 Å². The highest BCUT2D eigenvalue weighted by molar-refractivity contribution is 7.15. The molecule has 0 radical (unpaired) electrons. The molecule has 2 heterocycles. The number of aliphatic hydroxyl groups excluding tert-OH is 1. The highest BCUT2D eigenvalue weighted by Crippen LogP contribution is 2.37. The third-order valence-electron chi connectivity index (χ3n) is 3.44. The summed E-state index contributed by atoms with van der Waals surface area (Å²) in [5, 5.41) is 13.7. The average Bonchev–Trinajstić information content (AvgIpc) is 2.67. The number of aromatic nitrogens is 1. The Morgan fingerprint density at radius 1 is 1.44 bits per heavy atom. The number of carbonyl (C=O) groups is 1. The molecule has 2 aliphatic rings. The summed E-state index contributed by atoms with van der Waals surface area (Å²) in [6.45, 7) is 1.97. The van der Waals surface area contributed by atoms with E-state index in [0.29, 0.717) is 6.54 Å². The quantitative estimate of drug-likeness (QED) is 0.791. The highest BCUT2D eigenvalue weighted by Gasteiger charge is 2.25. The number of amides is 1. The third-order valence-corrected chi connectivity index (χ3v) is 4.70. The van der Waals surface area contributed by atoms with Gasteiger partial charge in [0, 0.05) is 13.1 Å². The highest BCUT2D eigenvalue weighted by atomic mass is 32.1. The first-order valence-corrected chi connectivity index (χ1v) is 7.25. The SMILES string of the molecule is O=C1CN(c2nc3c(s2)C(O)CCC3)CCCN1. The number of aliphatic hydroxyl groups is 1. The van der Waals surface area contributed by atoms with Gasteiger partial charge in [0.15, 0.2) is 5.13 Å². The first-order chi connectivity index (χ1) is 8.74. The molecule has 1 amide bonds. The van der Waals surface area contributed by atoms with Gasteiger partial charge in [0.2, 0.25) is 5.91 Å². The summed E-state index contributed by atoms with van der Waals surface area (Å²) in [6.07, 6.45) is 3.36. The Morgan fingerprint density at radius 3 is 3.17 bits per heavy atom. The van der Waals surface area contributed by atoms with Crippen LogP contribution in [0.15, 0.2) is 0 Å². The Balaban J connectivity index is 1.85. The van der Waals surface area contributed by atoms with Crippen LogP contribution >= 0.6 is 11.3 Å². The molecule has 0 spiro atoms. The number of anilines is 1. The standard InChI is InChI=1S/C12H17N3O2S/c16-9-4-1-3-8-11(9)18-12(14-8)15-6-2-5-13-10(17)7-15/h9,16H,1-7H2,(H,13,17). The topological polar surface area (TPSA) is 65.5 Å². The maximum absolute atomic E-state index is 11.5. The van der Waals surface area contributed by atoms with Crippen molar-refractivity contribution in [1.82, 2.24) is 10.3 Å². The second-order valence-electron chi connectivity index (χ2n) is 4.84. The summed E-state index contributed by atoms with van der Waals surface area (Å²) in [6, 6.07) is 0. The summed E-state index contributed by atoms with van der Waals surface area (Å²) in [5.74, 6) is 0.0567. The number of hydrogen-bond donors (Lipinski definition) is 2. The molecule has 5 nitrogen and oxygen atoms in total. The number of nitrogens with zero attached hydrogens (tertiary/aromatic N) is 2. The fraction of sp³-hybridized carbons (Fsp3) is 0.667. The van der Waals surface area contributed by atoms with Crippen molar-refractivity contribution in [3.05, 3.63) is 10.6 Å². The fourth-order valence-corrected chi connectivity index (χ4v) is 3.65. The van der Waals surface area contributed by atoms with Crippen molar-refractivity contribution < 1.29 is 9.90 Å². The van der Waals surface area contributed by atoms with Crippen molar-refractivity contribution in [2.45, 2.75) is 31.8 Å². The number of rotatable bonds is 1. The number of carbonyl (C=O) groups excluding carboxylic acids is 1. The maximum atomic E-state index is 11.5. The van der Waals surface area contributed by atoms with Gasteiger partial charge in [0.1, 0.15) is 0 Å². The minimum Gasteiger partial charge on any atom is -0.388 e. The minimum absolute atomic E-state index is 0.0567. The molecule has 2 N–H and O–H groups in total. The molecule has 6 heteroatoms. The Bertz CT molecular complexity index is 460. The lowest BCUT2D eigenvalue weighted by Crippen LogP contribution is -2.32. The molecular formula is C12H17N3O2S. The van der Waals surface area contributed by atoms with Crippen LogP contribution in [-0.2, 0) is 11.2 Å². The van der Waals surface area contributed by atoms with Crippen molar-refractivity contribution in [1.29, 1.82) is 0 Å². The zero-order valence-corrected chi connectivity index (χ0v) is 11.0. The van der Waals surface area contributed by atoms with Crippen LogP contribution in [0.2, 0.25) is 0 Å². The molecule has 1 aromatic rings. The van der Waals surface area contributed by atoms with E-state index in [0.717, 1.165) is 54.5 Å². The van der Waals surface area contributed by atoms with E-state index in [1.54, 1.807) is 11.3 Å². The van der Waals surface area contributed by atoms with Crippen molar-refractivity contribution in [2.24, 2.45) is 0 Å². The summed E-state index contributed by atoms with van der Waals surface area (Å²) < 4.78 is 0. The van der Waals surface area contributed by atoms with Crippen molar-refractivity contribution in [3.8, 4) is 0 Å². The van der Waals surface area contributed by atoms with Crippen LogP contribution in [0.1, 0.15) is 35.9 Å². The summed E-state index contributed by atoms with van der Waals surface area (Å²) in [5.41, 5.74) is 1.03. The number of fused-ring (bicyclic) bond motifs is 1. The molecule has 98 valence electrons. The average molecular weight is 267 g/mol. The van der Waals surface area contributed by atoms with Crippen LogP contribution in [0.5, 0.6) is 0 Å². The van der Waals surface area contributed by atoms with Gasteiger partial charge >= 0.3 is 0 Å². The third kappa shape index (κ3) is 2.22. The Hall–Kier alpha value is -1.14. The number of hydrogen-bond acceptors (Lipinski definition) is 5. The second-order valence-corrected chi connectivity index (χ2v) is 5.85. The van der Waals surface area contributed by atoms with E-state index in [-0.39, 0.29) is 12.0 Å².